The number of hydrogen-bond donors (Lipinski definition) is 0. The van der Waals surface area contributed by atoms with Crippen molar-refractivity contribution in [2.24, 2.45) is 0 Å². The van der Waals surface area contributed by atoms with Gasteiger partial charge in [-0.25, -0.2) is 4.79 Å². The molecule has 0 saturated carbocycles. The van der Waals surface area contributed by atoms with Gasteiger partial charge in [0.15, 0.2) is 5.60 Å². The molecule has 0 amide bonds. The Kier molecular flexibility index (Phi) is 4.91. The molecule has 1 aliphatic rings. The van der Waals surface area contributed by atoms with Crippen LogP contribution in [0.3, 0.4) is 0 Å². The lowest BCUT2D eigenvalue weighted by molar-refractivity contribution is 0.00534. The highest BCUT2D eigenvalue weighted by Gasteiger charge is 2.39. The van der Waals surface area contributed by atoms with Crippen LogP contribution < -0.4 is 0 Å². The van der Waals surface area contributed by atoms with Crippen LogP contribution in [0.15, 0.2) is 96.4 Å². The first-order chi connectivity index (χ1) is 15.1. The molecule has 3 heteroatoms. The molecule has 0 aromatic heterocycles. The van der Waals surface area contributed by atoms with Gasteiger partial charge in [-0.2, -0.15) is 0 Å². The number of esters is 1. The molecule has 1 heterocycles. The summed E-state index contributed by atoms with van der Waals surface area (Å²) in [6.45, 7) is 5.91. The number of hydrogen-bond acceptors (Lipinski definition) is 3. The van der Waals surface area contributed by atoms with Gasteiger partial charge in [0, 0.05) is 21.8 Å². The van der Waals surface area contributed by atoms with E-state index in [0.29, 0.717) is 5.56 Å². The second kappa shape index (κ2) is 7.75. The summed E-state index contributed by atoms with van der Waals surface area (Å²) in [5.41, 5.74) is 3.92. The summed E-state index contributed by atoms with van der Waals surface area (Å²) >= 11 is 1.78. The van der Waals surface area contributed by atoms with Crippen molar-refractivity contribution in [1.82, 2.24) is 0 Å². The summed E-state index contributed by atoms with van der Waals surface area (Å²) in [5, 5.41) is 1.87. The summed E-state index contributed by atoms with van der Waals surface area (Å²) in [6, 6.07) is 28.1. The Labute approximate surface area is 186 Å². The number of benzene rings is 4. The molecule has 1 unspecified atom stereocenters. The average molecular weight is 423 g/mol. The second-order valence-corrected chi connectivity index (χ2v) is 8.83. The predicted molar refractivity (Wildman–Crippen MR) is 128 cm³/mol. The van der Waals surface area contributed by atoms with Gasteiger partial charge >= 0.3 is 5.97 Å². The first-order valence-electron chi connectivity index (χ1n) is 10.3. The molecule has 0 bridgehead atoms. The first-order valence-corrected chi connectivity index (χ1v) is 11.3. The van der Waals surface area contributed by atoms with Crippen LogP contribution in [-0.2, 0) is 16.1 Å². The predicted octanol–water partition coefficient (Wildman–Crippen LogP) is 7.21. The maximum Gasteiger partial charge on any atom is 0.339 e. The van der Waals surface area contributed by atoms with Crippen LogP contribution in [0.2, 0.25) is 0 Å². The van der Waals surface area contributed by atoms with E-state index in [0.717, 1.165) is 38.1 Å². The van der Waals surface area contributed by atoms with Crippen molar-refractivity contribution < 1.29 is 9.53 Å². The molecule has 0 aliphatic carbocycles. The Morgan fingerprint density at radius 1 is 0.903 bits per heavy atom. The second-order valence-electron chi connectivity index (χ2n) is 7.82. The van der Waals surface area contributed by atoms with E-state index in [2.05, 4.69) is 30.8 Å². The van der Waals surface area contributed by atoms with Gasteiger partial charge in [0.2, 0.25) is 0 Å². The van der Waals surface area contributed by atoms with Gasteiger partial charge < -0.3 is 4.74 Å². The molecule has 0 N–H and O–H groups in total. The normalized spacial score (nSPS) is 17.3. The van der Waals surface area contributed by atoms with E-state index >= 15 is 0 Å². The van der Waals surface area contributed by atoms with E-state index in [1.165, 1.54) is 5.56 Å². The van der Waals surface area contributed by atoms with Gasteiger partial charge in [0.25, 0.3) is 0 Å². The molecule has 0 spiro atoms. The molecular formula is C28H22O2S. The summed E-state index contributed by atoms with van der Waals surface area (Å²) in [7, 11) is 0. The highest BCUT2D eigenvalue weighted by atomic mass is 32.2. The summed E-state index contributed by atoms with van der Waals surface area (Å²) in [5.74, 6) is 0.517. The van der Waals surface area contributed by atoms with E-state index in [4.69, 9.17) is 4.74 Å². The molecule has 152 valence electrons. The topological polar surface area (TPSA) is 26.3 Å². The van der Waals surface area contributed by atoms with E-state index in [9.17, 15) is 4.79 Å². The van der Waals surface area contributed by atoms with Gasteiger partial charge in [-0.15, -0.1) is 11.8 Å². The van der Waals surface area contributed by atoms with Crippen molar-refractivity contribution in [3.8, 4) is 0 Å². The van der Waals surface area contributed by atoms with Crippen molar-refractivity contribution in [2.45, 2.75) is 23.2 Å². The molecule has 4 aromatic rings. The van der Waals surface area contributed by atoms with Crippen LogP contribution in [-0.4, -0.2) is 5.97 Å². The van der Waals surface area contributed by atoms with Crippen LogP contribution >= 0.6 is 11.8 Å². The maximum atomic E-state index is 13.6. The van der Waals surface area contributed by atoms with Crippen molar-refractivity contribution in [3.05, 3.63) is 119 Å². The SMILES string of the molecule is C=Cc1ccc(C(=O)OC2(C)c3ccccc3CSc3ccccc32)c2ccccc12. The molecule has 1 aliphatic heterocycles. The molecule has 0 radical (unpaired) electrons. The van der Waals surface area contributed by atoms with Gasteiger partial charge in [-0.3, -0.25) is 0 Å². The standard InChI is InChI=1S/C28H22O2S/c1-3-19-16-17-23(22-12-6-5-11-21(19)22)27(29)30-28(2)24-13-7-4-10-20(24)18-31-26-15-9-8-14-25(26)28/h3-17H,1,18H2,2H3. The van der Waals surface area contributed by atoms with Crippen LogP contribution in [0.5, 0.6) is 0 Å². The third-order valence-corrected chi connectivity index (χ3v) is 7.13. The molecule has 0 fully saturated rings. The Balaban J connectivity index is 1.66. The van der Waals surface area contributed by atoms with E-state index in [1.807, 2.05) is 73.7 Å². The number of rotatable bonds is 3. The fourth-order valence-electron chi connectivity index (χ4n) is 4.43. The van der Waals surface area contributed by atoms with Gasteiger partial charge in [0.1, 0.15) is 0 Å². The summed E-state index contributed by atoms with van der Waals surface area (Å²) in [6.07, 6.45) is 1.81. The first kappa shape index (κ1) is 19.7. The van der Waals surface area contributed by atoms with Crippen LogP contribution in [0, 0.1) is 0 Å². The molecule has 2 nitrogen and oxygen atoms in total. The minimum Gasteiger partial charge on any atom is -0.446 e. The number of carbonyl (C=O) groups is 1. The smallest absolute Gasteiger partial charge is 0.339 e. The third kappa shape index (κ3) is 3.26. The van der Waals surface area contributed by atoms with Gasteiger partial charge in [-0.05, 0) is 41.0 Å². The highest BCUT2D eigenvalue weighted by Crippen LogP contribution is 2.45. The zero-order valence-electron chi connectivity index (χ0n) is 17.3. The van der Waals surface area contributed by atoms with Crippen LogP contribution in [0.1, 0.15) is 39.5 Å². The monoisotopic (exact) mass is 422 g/mol. The van der Waals surface area contributed by atoms with Crippen LogP contribution in [0.25, 0.3) is 16.8 Å². The summed E-state index contributed by atoms with van der Waals surface area (Å²) in [4.78, 5) is 14.7. The maximum absolute atomic E-state index is 13.6. The van der Waals surface area contributed by atoms with Gasteiger partial charge in [0.05, 0.1) is 5.56 Å². The number of carbonyl (C=O) groups excluding carboxylic acids is 1. The molecular weight excluding hydrogens is 400 g/mol. The lowest BCUT2D eigenvalue weighted by Gasteiger charge is -2.32. The van der Waals surface area contributed by atoms with Crippen molar-refractivity contribution >= 4 is 34.6 Å². The molecule has 31 heavy (non-hydrogen) atoms. The lowest BCUT2D eigenvalue weighted by Crippen LogP contribution is -2.31. The van der Waals surface area contributed by atoms with Crippen LogP contribution in [0.4, 0.5) is 0 Å². The minimum atomic E-state index is -0.883. The van der Waals surface area contributed by atoms with Crippen molar-refractivity contribution in [2.75, 3.05) is 0 Å². The van der Waals surface area contributed by atoms with Crippen molar-refractivity contribution in [1.29, 1.82) is 0 Å². The van der Waals surface area contributed by atoms with Crippen molar-refractivity contribution in [3.63, 3.8) is 0 Å². The Hall–Kier alpha value is -3.30. The quantitative estimate of drug-likeness (QED) is 0.326. The van der Waals surface area contributed by atoms with Gasteiger partial charge in [-0.1, -0.05) is 85.5 Å². The Morgan fingerprint density at radius 2 is 1.58 bits per heavy atom. The zero-order valence-corrected chi connectivity index (χ0v) is 18.1. The largest absolute Gasteiger partial charge is 0.446 e. The fraction of sp³-hybridized carbons (Fsp3) is 0.107. The third-order valence-electron chi connectivity index (χ3n) is 6.01. The van der Waals surface area contributed by atoms with E-state index in [-0.39, 0.29) is 5.97 Å². The number of thioether (sulfide) groups is 1. The molecule has 5 rings (SSSR count). The Bertz CT molecular complexity index is 1270. The molecule has 4 aromatic carbocycles. The number of ether oxygens (including phenoxy) is 1. The zero-order chi connectivity index (χ0) is 21.4. The van der Waals surface area contributed by atoms with E-state index < -0.39 is 5.60 Å². The summed E-state index contributed by atoms with van der Waals surface area (Å²) < 4.78 is 6.40. The van der Waals surface area contributed by atoms with E-state index in [1.54, 1.807) is 11.8 Å². The number of fused-ring (bicyclic) bond motifs is 3. The Morgan fingerprint density at radius 3 is 2.39 bits per heavy atom. The average Bonchev–Trinajstić information content (AvgIpc) is 2.93. The minimum absolute atomic E-state index is 0.328. The fourth-order valence-corrected chi connectivity index (χ4v) is 5.58. The molecule has 0 saturated heterocycles. The highest BCUT2D eigenvalue weighted by molar-refractivity contribution is 7.98. The lowest BCUT2D eigenvalue weighted by atomic mass is 9.85. The molecule has 1 atom stereocenters.